The molecule has 0 aliphatic rings. The minimum absolute atomic E-state index is 0.0868. The molecule has 0 rings (SSSR count). The first kappa shape index (κ1) is 40.9. The van der Waals surface area contributed by atoms with E-state index < -0.39 is 57.4 Å². The molecule has 5 N–H and O–H groups in total. The molecule has 0 aromatic carbocycles. The number of ether oxygens (including phenoxy) is 2. The number of aliphatic hydroxyl groups is 3. The SMILES string of the molecule is CCCCCCCC(=O)O[C@H](COC(=O)CCC[C@@H](O)[C@H](O)/C=C/C=C/C=C\C=C\[C@H](O)CCCCC)COP(=O)(O)O. The Labute approximate surface area is 256 Å². The minimum atomic E-state index is -4.81. The summed E-state index contributed by atoms with van der Waals surface area (Å²) in [6.07, 6.45) is 18.5. The van der Waals surface area contributed by atoms with Gasteiger partial charge in [-0.2, -0.15) is 0 Å². The molecule has 12 heteroatoms. The van der Waals surface area contributed by atoms with Gasteiger partial charge in [0.05, 0.1) is 24.9 Å². The van der Waals surface area contributed by atoms with Gasteiger partial charge in [0.15, 0.2) is 6.10 Å². The van der Waals surface area contributed by atoms with Gasteiger partial charge in [-0.05, 0) is 25.7 Å². The lowest BCUT2D eigenvalue weighted by Gasteiger charge is -2.18. The molecule has 0 radical (unpaired) electrons. The summed E-state index contributed by atoms with van der Waals surface area (Å²) in [4.78, 5) is 42.1. The van der Waals surface area contributed by atoms with Crippen LogP contribution in [-0.2, 0) is 28.2 Å². The van der Waals surface area contributed by atoms with Crippen LogP contribution in [-0.4, -0.2) is 74.7 Å². The minimum Gasteiger partial charge on any atom is -0.462 e. The number of carbonyl (C=O) groups is 2. The van der Waals surface area contributed by atoms with Crippen LogP contribution in [0.25, 0.3) is 0 Å². The van der Waals surface area contributed by atoms with Crippen LogP contribution in [0.5, 0.6) is 0 Å². The summed E-state index contributed by atoms with van der Waals surface area (Å²) in [5.74, 6) is -1.24. The average Bonchev–Trinajstić information content (AvgIpc) is 2.95. The van der Waals surface area contributed by atoms with Crippen LogP contribution in [0.2, 0.25) is 0 Å². The van der Waals surface area contributed by atoms with Crippen molar-refractivity contribution in [2.45, 2.75) is 122 Å². The van der Waals surface area contributed by atoms with Gasteiger partial charge in [-0.15, -0.1) is 0 Å². The van der Waals surface area contributed by atoms with Gasteiger partial charge in [0, 0.05) is 12.8 Å². The number of allylic oxidation sites excluding steroid dienone is 6. The van der Waals surface area contributed by atoms with Gasteiger partial charge in [-0.25, -0.2) is 4.57 Å². The van der Waals surface area contributed by atoms with Crippen LogP contribution in [0.4, 0.5) is 0 Å². The maximum Gasteiger partial charge on any atom is 0.469 e. The van der Waals surface area contributed by atoms with Gasteiger partial charge < -0.3 is 34.6 Å². The summed E-state index contributed by atoms with van der Waals surface area (Å²) < 4.78 is 25.7. The third-order valence-corrected chi connectivity index (χ3v) is 6.70. The van der Waals surface area contributed by atoms with Gasteiger partial charge in [0.25, 0.3) is 0 Å². The number of esters is 2. The lowest BCUT2D eigenvalue weighted by atomic mass is 10.1. The highest BCUT2D eigenvalue weighted by Gasteiger charge is 2.23. The van der Waals surface area contributed by atoms with Crippen LogP contribution in [0, 0.1) is 0 Å². The number of unbranched alkanes of at least 4 members (excludes halogenated alkanes) is 6. The molecule has 0 unspecified atom stereocenters. The summed E-state index contributed by atoms with van der Waals surface area (Å²) in [6, 6.07) is 0. The topological polar surface area (TPSA) is 180 Å². The van der Waals surface area contributed by atoms with Crippen molar-refractivity contribution in [2.24, 2.45) is 0 Å². The summed E-state index contributed by atoms with van der Waals surface area (Å²) in [6.45, 7) is 3.11. The van der Waals surface area contributed by atoms with Crippen LogP contribution in [0.1, 0.15) is 97.3 Å². The summed E-state index contributed by atoms with van der Waals surface area (Å²) >= 11 is 0. The molecule has 0 spiro atoms. The van der Waals surface area contributed by atoms with Crippen LogP contribution >= 0.6 is 7.82 Å². The van der Waals surface area contributed by atoms with Gasteiger partial charge >= 0.3 is 19.8 Å². The second-order valence-corrected chi connectivity index (χ2v) is 11.5. The van der Waals surface area contributed by atoms with Crippen molar-refractivity contribution in [3.05, 3.63) is 48.6 Å². The molecule has 0 aliphatic heterocycles. The summed E-state index contributed by atoms with van der Waals surface area (Å²) in [5, 5.41) is 30.0. The van der Waals surface area contributed by atoms with Gasteiger partial charge in [-0.1, -0.05) is 107 Å². The summed E-state index contributed by atoms with van der Waals surface area (Å²) in [7, 11) is -4.81. The highest BCUT2D eigenvalue weighted by Crippen LogP contribution is 2.35. The molecule has 43 heavy (non-hydrogen) atoms. The van der Waals surface area contributed by atoms with E-state index in [2.05, 4.69) is 18.4 Å². The number of hydrogen-bond donors (Lipinski definition) is 5. The smallest absolute Gasteiger partial charge is 0.462 e. The fraction of sp³-hybridized carbons (Fsp3) is 0.677. The van der Waals surface area contributed by atoms with E-state index in [9.17, 15) is 29.5 Å². The molecule has 0 fully saturated rings. The molecule has 0 aromatic rings. The largest absolute Gasteiger partial charge is 0.469 e. The van der Waals surface area contributed by atoms with Crippen molar-refractivity contribution in [1.82, 2.24) is 0 Å². The number of phosphoric ester groups is 1. The molecule has 0 aliphatic carbocycles. The van der Waals surface area contributed by atoms with Crippen molar-refractivity contribution in [1.29, 1.82) is 0 Å². The van der Waals surface area contributed by atoms with Crippen molar-refractivity contribution in [3.63, 3.8) is 0 Å². The highest BCUT2D eigenvalue weighted by atomic mass is 31.2. The third-order valence-electron chi connectivity index (χ3n) is 6.22. The molecule has 248 valence electrons. The van der Waals surface area contributed by atoms with Crippen molar-refractivity contribution in [3.8, 4) is 0 Å². The van der Waals surface area contributed by atoms with Crippen LogP contribution in [0.3, 0.4) is 0 Å². The second-order valence-electron chi connectivity index (χ2n) is 10.3. The quantitative estimate of drug-likeness (QED) is 0.0376. The molecule has 0 bridgehead atoms. The standard InChI is InChI=1S/C31H53O11P/c1-3-5-7-10-16-22-31(36)42-27(25-41-43(37,38)39)24-40-30(35)23-17-21-29(34)28(33)20-15-12-9-8-11-14-19-26(32)18-13-6-4-2/h8-9,11-12,14-15,19-20,26-29,32-34H,3-7,10,13,16-18,21-25H2,1-2H3,(H2,37,38,39)/b11-8-,12-9+,19-14+,20-15+/t26-,27-,28-,29-/m1/s1. The Balaban J connectivity index is 4.41. The van der Waals surface area contributed by atoms with E-state index in [1.54, 1.807) is 42.5 Å². The zero-order valence-corrected chi connectivity index (χ0v) is 26.6. The zero-order chi connectivity index (χ0) is 32.3. The van der Waals surface area contributed by atoms with Gasteiger partial charge in [-0.3, -0.25) is 14.1 Å². The molecular formula is C31H53O11P. The van der Waals surface area contributed by atoms with E-state index in [0.717, 1.165) is 51.4 Å². The van der Waals surface area contributed by atoms with E-state index >= 15 is 0 Å². The van der Waals surface area contributed by atoms with E-state index in [-0.39, 0.29) is 25.7 Å². The predicted octanol–water partition coefficient (Wildman–Crippen LogP) is 4.97. The Hall–Kier alpha value is -2.11. The van der Waals surface area contributed by atoms with E-state index in [1.165, 1.54) is 6.08 Å². The number of carbonyl (C=O) groups excluding carboxylic acids is 2. The first-order valence-corrected chi connectivity index (χ1v) is 16.8. The maximum atomic E-state index is 12.1. The lowest BCUT2D eigenvalue weighted by molar-refractivity contribution is -0.161. The average molecular weight is 633 g/mol. The van der Waals surface area contributed by atoms with Crippen molar-refractivity contribution in [2.75, 3.05) is 13.2 Å². The highest BCUT2D eigenvalue weighted by molar-refractivity contribution is 7.46. The Morgan fingerprint density at radius 2 is 1.28 bits per heavy atom. The molecule has 0 aromatic heterocycles. The fourth-order valence-electron chi connectivity index (χ4n) is 3.75. The summed E-state index contributed by atoms with van der Waals surface area (Å²) in [5.41, 5.74) is 0. The Morgan fingerprint density at radius 1 is 0.698 bits per heavy atom. The molecule has 0 saturated heterocycles. The second kappa shape index (κ2) is 26.3. The zero-order valence-electron chi connectivity index (χ0n) is 25.7. The molecule has 4 atom stereocenters. The Kier molecular flexibility index (Phi) is 25.0. The first-order valence-electron chi connectivity index (χ1n) is 15.3. The molecule has 0 heterocycles. The molecule has 0 saturated carbocycles. The van der Waals surface area contributed by atoms with Crippen LogP contribution < -0.4 is 0 Å². The fourth-order valence-corrected chi connectivity index (χ4v) is 4.11. The van der Waals surface area contributed by atoms with Crippen molar-refractivity contribution >= 4 is 19.8 Å². The van der Waals surface area contributed by atoms with Crippen LogP contribution in [0.15, 0.2) is 48.6 Å². The third kappa shape index (κ3) is 27.2. The van der Waals surface area contributed by atoms with Gasteiger partial charge in [0.1, 0.15) is 6.61 Å². The maximum absolute atomic E-state index is 12.1. The van der Waals surface area contributed by atoms with E-state index in [4.69, 9.17) is 19.3 Å². The number of rotatable bonds is 26. The molecule has 11 nitrogen and oxygen atoms in total. The van der Waals surface area contributed by atoms with Gasteiger partial charge in [0.2, 0.25) is 0 Å². The van der Waals surface area contributed by atoms with Crippen molar-refractivity contribution < 1.29 is 53.3 Å². The lowest BCUT2D eigenvalue weighted by Crippen LogP contribution is -2.29. The van der Waals surface area contributed by atoms with E-state index in [0.29, 0.717) is 6.42 Å². The monoisotopic (exact) mass is 632 g/mol. The molecule has 0 amide bonds. The normalized spacial score (nSPS) is 15.4. The van der Waals surface area contributed by atoms with E-state index in [1.807, 2.05) is 0 Å². The first-order chi connectivity index (χ1) is 20.5. The predicted molar refractivity (Wildman–Crippen MR) is 165 cm³/mol. The Morgan fingerprint density at radius 3 is 1.93 bits per heavy atom. The number of hydrogen-bond acceptors (Lipinski definition) is 9. The number of aliphatic hydroxyl groups excluding tert-OH is 3. The molecular weight excluding hydrogens is 579 g/mol. The number of phosphoric acid groups is 1. The Bertz CT molecular complexity index is 894.